The van der Waals surface area contributed by atoms with Crippen LogP contribution in [0.1, 0.15) is 136 Å². The van der Waals surface area contributed by atoms with Crippen LogP contribution in [0.15, 0.2) is 0 Å². The predicted octanol–water partition coefficient (Wildman–Crippen LogP) is 8.90. The van der Waals surface area contributed by atoms with Gasteiger partial charge in [-0.15, -0.1) is 0 Å². The molecular weight excluding hydrogens is 400 g/mol. The van der Waals surface area contributed by atoms with Gasteiger partial charge in [-0.2, -0.15) is 0 Å². The Morgan fingerprint density at radius 3 is 2.12 bits per heavy atom. The Labute approximate surface area is 198 Å². The summed E-state index contributed by atoms with van der Waals surface area (Å²) in [6.07, 6.45) is 24.5. The third-order valence-electron chi connectivity index (χ3n) is 9.21. The van der Waals surface area contributed by atoms with Gasteiger partial charge in [0.2, 0.25) is 0 Å². The second-order valence-corrected chi connectivity index (χ2v) is 11.1. The van der Waals surface area contributed by atoms with Crippen molar-refractivity contribution in [2.45, 2.75) is 136 Å². The summed E-state index contributed by atoms with van der Waals surface area (Å²) >= 11 is 0. The Kier molecular flexibility index (Phi) is 14.4. The first-order chi connectivity index (χ1) is 15.7. The third kappa shape index (κ3) is 8.25. The molecule has 32 heavy (non-hydrogen) atoms. The van der Waals surface area contributed by atoms with Gasteiger partial charge in [0.25, 0.3) is 0 Å². The highest BCUT2D eigenvalue weighted by Gasteiger charge is 2.51. The zero-order valence-corrected chi connectivity index (χ0v) is 21.4. The van der Waals surface area contributed by atoms with Crippen molar-refractivity contribution in [1.82, 2.24) is 0 Å². The summed E-state index contributed by atoms with van der Waals surface area (Å²) in [5, 5.41) is 18.8. The Balaban J connectivity index is 2.27. The van der Waals surface area contributed by atoms with Crippen molar-refractivity contribution in [1.29, 1.82) is 0 Å². The van der Waals surface area contributed by atoms with Gasteiger partial charge in [0.1, 0.15) is 0 Å². The monoisotopic (exact) mass is 454 g/mol. The molecule has 4 heteroatoms. The lowest BCUT2D eigenvalue weighted by atomic mass is 9.49. The molecule has 2 N–H and O–H groups in total. The molecule has 0 aromatic rings. The van der Waals surface area contributed by atoms with Crippen LogP contribution in [0.25, 0.3) is 0 Å². The quantitative estimate of drug-likeness (QED) is 0.147. The zero-order chi connectivity index (χ0) is 23.1. The van der Waals surface area contributed by atoms with Gasteiger partial charge < -0.3 is 0 Å². The van der Waals surface area contributed by atoms with Crippen LogP contribution >= 0.6 is 0 Å². The maximum absolute atomic E-state index is 9.48. The number of rotatable bonds is 15. The van der Waals surface area contributed by atoms with Crippen molar-refractivity contribution >= 4 is 0 Å². The first kappa shape index (κ1) is 28.1. The highest BCUT2D eigenvalue weighted by molar-refractivity contribution is 5.00. The second-order valence-electron chi connectivity index (χ2n) is 11.1. The SMILES string of the molecule is CCCCCCC1CC[C@]2(CCCCCCC2COO)C(CCOO)C1CCCCCC. The predicted molar refractivity (Wildman–Crippen MR) is 133 cm³/mol. The Hall–Kier alpha value is -0.160. The second kappa shape index (κ2) is 16.5. The van der Waals surface area contributed by atoms with Gasteiger partial charge in [0, 0.05) is 0 Å². The van der Waals surface area contributed by atoms with Gasteiger partial charge in [-0.1, -0.05) is 97.3 Å². The van der Waals surface area contributed by atoms with Gasteiger partial charge in [-0.25, -0.2) is 9.78 Å². The van der Waals surface area contributed by atoms with E-state index in [0.717, 1.165) is 18.3 Å². The first-order valence-electron chi connectivity index (χ1n) is 14.3. The van der Waals surface area contributed by atoms with Crippen LogP contribution in [-0.2, 0) is 9.78 Å². The molecule has 2 saturated carbocycles. The van der Waals surface area contributed by atoms with Crippen molar-refractivity contribution in [3.05, 3.63) is 0 Å². The Morgan fingerprint density at radius 2 is 1.44 bits per heavy atom. The average molecular weight is 455 g/mol. The third-order valence-corrected chi connectivity index (χ3v) is 9.21. The minimum atomic E-state index is 0.233. The van der Waals surface area contributed by atoms with Crippen LogP contribution < -0.4 is 0 Å². The average Bonchev–Trinajstić information content (AvgIpc) is 2.79. The van der Waals surface area contributed by atoms with Crippen LogP contribution in [0.2, 0.25) is 0 Å². The lowest BCUT2D eigenvalue weighted by molar-refractivity contribution is -0.269. The molecular formula is C28H54O4. The fourth-order valence-electron chi connectivity index (χ4n) is 7.57. The minimum Gasteiger partial charge on any atom is -0.252 e. The lowest BCUT2D eigenvalue weighted by Crippen LogP contribution is -2.49. The summed E-state index contributed by atoms with van der Waals surface area (Å²) in [5.41, 5.74) is 0.233. The van der Waals surface area contributed by atoms with Crippen LogP contribution in [0.4, 0.5) is 0 Å². The van der Waals surface area contributed by atoms with Crippen molar-refractivity contribution in [2.75, 3.05) is 13.2 Å². The van der Waals surface area contributed by atoms with E-state index in [2.05, 4.69) is 18.7 Å². The molecule has 0 aromatic heterocycles. The highest BCUT2D eigenvalue weighted by Crippen LogP contribution is 2.59. The standard InChI is InChI=1S/C28H54O4/c1-3-5-7-11-15-24-18-21-28(20-14-10-9-12-16-25(28)23-32-30)27(19-22-31-29)26(24)17-13-8-6-4-2/h24-27,29-30H,3-23H2,1-2H3/t24?,25?,26?,27?,28-/m0/s1. The highest BCUT2D eigenvalue weighted by atomic mass is 17.1. The molecule has 5 atom stereocenters. The van der Waals surface area contributed by atoms with Gasteiger partial charge >= 0.3 is 0 Å². The van der Waals surface area contributed by atoms with E-state index in [1.54, 1.807) is 0 Å². The molecule has 4 unspecified atom stereocenters. The summed E-state index contributed by atoms with van der Waals surface area (Å²) in [7, 11) is 0. The molecule has 0 heterocycles. The molecule has 0 aromatic carbocycles. The molecule has 2 rings (SSSR count). The van der Waals surface area contributed by atoms with Crippen molar-refractivity contribution in [3.63, 3.8) is 0 Å². The van der Waals surface area contributed by atoms with Crippen molar-refractivity contribution in [3.8, 4) is 0 Å². The molecule has 0 saturated heterocycles. The molecule has 0 bridgehead atoms. The van der Waals surface area contributed by atoms with E-state index in [1.165, 1.54) is 116 Å². The molecule has 1 spiro atoms. The van der Waals surface area contributed by atoms with Gasteiger partial charge in [-0.3, -0.25) is 10.5 Å². The van der Waals surface area contributed by atoms with Gasteiger partial charge in [0.15, 0.2) is 0 Å². The molecule has 2 fully saturated rings. The van der Waals surface area contributed by atoms with Crippen LogP contribution in [-0.4, -0.2) is 23.7 Å². The van der Waals surface area contributed by atoms with Crippen molar-refractivity contribution < 1.29 is 20.3 Å². The fourth-order valence-corrected chi connectivity index (χ4v) is 7.57. The van der Waals surface area contributed by atoms with E-state index in [-0.39, 0.29) is 5.41 Å². The number of hydrogen-bond donors (Lipinski definition) is 2. The largest absolute Gasteiger partial charge is 0.252 e. The smallest absolute Gasteiger partial charge is 0.0853 e. The first-order valence-corrected chi connectivity index (χ1v) is 14.3. The normalized spacial score (nSPS) is 31.5. The van der Waals surface area contributed by atoms with Gasteiger partial charge in [0.05, 0.1) is 13.2 Å². The van der Waals surface area contributed by atoms with E-state index in [9.17, 15) is 10.5 Å². The molecule has 0 amide bonds. The van der Waals surface area contributed by atoms with Crippen LogP contribution in [0, 0.1) is 29.1 Å². The minimum absolute atomic E-state index is 0.233. The summed E-state index contributed by atoms with van der Waals surface area (Å²) in [6, 6.07) is 0. The summed E-state index contributed by atoms with van der Waals surface area (Å²) in [4.78, 5) is 9.53. The van der Waals surface area contributed by atoms with Crippen LogP contribution in [0.3, 0.4) is 0 Å². The Morgan fingerprint density at radius 1 is 0.719 bits per heavy atom. The molecule has 0 radical (unpaired) electrons. The summed E-state index contributed by atoms with van der Waals surface area (Å²) in [5.74, 6) is 2.53. The van der Waals surface area contributed by atoms with E-state index in [4.69, 9.17) is 4.89 Å². The van der Waals surface area contributed by atoms with E-state index >= 15 is 0 Å². The molecule has 2 aliphatic carbocycles. The Bertz CT molecular complexity index is 457. The molecule has 0 aliphatic heterocycles. The van der Waals surface area contributed by atoms with E-state index in [0.29, 0.717) is 25.0 Å². The number of unbranched alkanes of at least 4 members (excludes halogenated alkanes) is 6. The molecule has 190 valence electrons. The number of hydrogen-bond acceptors (Lipinski definition) is 4. The van der Waals surface area contributed by atoms with Crippen molar-refractivity contribution in [2.24, 2.45) is 29.1 Å². The van der Waals surface area contributed by atoms with E-state index < -0.39 is 0 Å². The fraction of sp³-hybridized carbons (Fsp3) is 1.00. The zero-order valence-electron chi connectivity index (χ0n) is 21.4. The summed E-state index contributed by atoms with van der Waals surface area (Å²) in [6.45, 7) is 5.50. The van der Waals surface area contributed by atoms with E-state index in [1.807, 2.05) is 0 Å². The van der Waals surface area contributed by atoms with Gasteiger partial charge in [-0.05, 0) is 67.6 Å². The topological polar surface area (TPSA) is 58.9 Å². The maximum atomic E-state index is 9.48. The lowest BCUT2D eigenvalue weighted by Gasteiger charge is -2.56. The maximum Gasteiger partial charge on any atom is 0.0853 e. The molecule has 4 nitrogen and oxygen atoms in total. The summed E-state index contributed by atoms with van der Waals surface area (Å²) < 4.78 is 0. The molecule has 2 aliphatic rings. The van der Waals surface area contributed by atoms with Crippen LogP contribution in [0.5, 0.6) is 0 Å².